The van der Waals surface area contributed by atoms with Crippen LogP contribution in [0.2, 0.25) is 10.0 Å². The number of carbonyl (C=O) groups excluding carboxylic acids is 2. The fourth-order valence-corrected chi connectivity index (χ4v) is 6.93. The van der Waals surface area contributed by atoms with Gasteiger partial charge in [0.2, 0.25) is 0 Å². The molecular formula is C30H28Cl2N2O7S. The van der Waals surface area contributed by atoms with E-state index in [1.165, 1.54) is 25.1 Å². The van der Waals surface area contributed by atoms with Gasteiger partial charge in [0.25, 0.3) is 11.8 Å². The zero-order chi connectivity index (χ0) is 30.2. The van der Waals surface area contributed by atoms with E-state index >= 15 is 0 Å². The fourth-order valence-electron chi connectivity index (χ4n) is 5.21. The summed E-state index contributed by atoms with van der Waals surface area (Å²) in [7, 11) is -3.49. The molecule has 0 fully saturated rings. The number of aliphatic carboxylic acids is 1. The van der Waals surface area contributed by atoms with Crippen LogP contribution in [0.5, 0.6) is 5.75 Å². The predicted octanol–water partition coefficient (Wildman–Crippen LogP) is 4.35. The number of carbonyl (C=O) groups is 3. The van der Waals surface area contributed by atoms with Gasteiger partial charge in [-0.05, 0) is 59.0 Å². The highest BCUT2D eigenvalue weighted by Gasteiger charge is 2.30. The molecule has 12 heteroatoms. The number of ether oxygens (including phenoxy) is 1. The van der Waals surface area contributed by atoms with Crippen LogP contribution in [0.1, 0.15) is 49.9 Å². The lowest BCUT2D eigenvalue weighted by Crippen LogP contribution is -2.42. The molecule has 0 unspecified atom stereocenters. The molecule has 2 N–H and O–H groups in total. The Balaban J connectivity index is 1.33. The second-order valence-electron chi connectivity index (χ2n) is 10.2. The summed E-state index contributed by atoms with van der Waals surface area (Å²) in [6.45, 7) is 2.72. The number of carboxylic acid groups (broad SMARTS) is 1. The van der Waals surface area contributed by atoms with E-state index in [0.717, 1.165) is 17.7 Å². The second kappa shape index (κ2) is 11.9. The summed E-state index contributed by atoms with van der Waals surface area (Å²) in [5.74, 6) is -1.61. The van der Waals surface area contributed by atoms with E-state index in [9.17, 15) is 27.9 Å². The molecule has 0 radical (unpaired) electrons. The Morgan fingerprint density at radius 3 is 2.60 bits per heavy atom. The number of nitrogens with zero attached hydrogens (tertiary/aromatic N) is 1. The molecule has 42 heavy (non-hydrogen) atoms. The lowest BCUT2D eigenvalue weighted by atomic mass is 9.95. The third-order valence-electron chi connectivity index (χ3n) is 7.54. The summed E-state index contributed by atoms with van der Waals surface area (Å²) in [6.07, 6.45) is 1.04. The molecule has 0 aromatic heterocycles. The predicted molar refractivity (Wildman–Crippen MR) is 157 cm³/mol. The number of nitrogens with one attached hydrogen (secondary N) is 1. The smallest absolute Gasteiger partial charge is 0.326 e. The van der Waals surface area contributed by atoms with Gasteiger partial charge in [0.05, 0.1) is 32.9 Å². The lowest BCUT2D eigenvalue weighted by molar-refractivity contribution is -0.139. The van der Waals surface area contributed by atoms with Gasteiger partial charge in [-0.15, -0.1) is 0 Å². The number of amides is 2. The van der Waals surface area contributed by atoms with E-state index < -0.39 is 27.8 Å². The van der Waals surface area contributed by atoms with Crippen molar-refractivity contribution >= 4 is 50.8 Å². The SMILES string of the molecule is CCS(=O)(=O)c1cccc(C[C@H](NC(=O)c2c(Cl)cc3c(c2Cl)CCN(C(=O)c2ccc4c(c2)OCC4)C3)C(=O)O)c1. The molecule has 0 saturated carbocycles. The normalized spacial score (nSPS) is 14.9. The van der Waals surface area contributed by atoms with E-state index in [0.29, 0.717) is 41.8 Å². The van der Waals surface area contributed by atoms with Gasteiger partial charge >= 0.3 is 5.97 Å². The molecule has 220 valence electrons. The second-order valence-corrected chi connectivity index (χ2v) is 13.3. The van der Waals surface area contributed by atoms with Crippen molar-refractivity contribution in [2.75, 3.05) is 18.9 Å². The summed E-state index contributed by atoms with van der Waals surface area (Å²) in [5.41, 5.74) is 3.33. The van der Waals surface area contributed by atoms with Crippen LogP contribution in [0.4, 0.5) is 0 Å². The molecule has 0 aliphatic carbocycles. The Morgan fingerprint density at radius 1 is 1.07 bits per heavy atom. The fraction of sp³-hybridized carbons (Fsp3) is 0.300. The number of fused-ring (bicyclic) bond motifs is 2. The van der Waals surface area contributed by atoms with Gasteiger partial charge in [0, 0.05) is 31.5 Å². The van der Waals surface area contributed by atoms with Crippen LogP contribution in [-0.2, 0) is 40.4 Å². The van der Waals surface area contributed by atoms with Gasteiger partial charge < -0.3 is 20.1 Å². The van der Waals surface area contributed by atoms with Gasteiger partial charge in [0.1, 0.15) is 11.8 Å². The Bertz CT molecular complexity index is 1710. The van der Waals surface area contributed by atoms with E-state index in [4.69, 9.17) is 27.9 Å². The number of sulfone groups is 1. The molecule has 3 aromatic rings. The van der Waals surface area contributed by atoms with Crippen molar-refractivity contribution < 1.29 is 32.6 Å². The van der Waals surface area contributed by atoms with Crippen molar-refractivity contribution in [1.29, 1.82) is 0 Å². The zero-order valence-electron chi connectivity index (χ0n) is 22.7. The van der Waals surface area contributed by atoms with Crippen molar-refractivity contribution in [3.63, 3.8) is 0 Å². The Kier molecular flexibility index (Phi) is 8.50. The highest BCUT2D eigenvalue weighted by atomic mass is 35.5. The number of carboxylic acids is 1. The summed E-state index contributed by atoms with van der Waals surface area (Å²) >= 11 is 13.2. The van der Waals surface area contributed by atoms with Crippen molar-refractivity contribution in [2.45, 2.75) is 43.7 Å². The molecular weight excluding hydrogens is 603 g/mol. The van der Waals surface area contributed by atoms with Crippen molar-refractivity contribution in [3.05, 3.63) is 92.0 Å². The minimum Gasteiger partial charge on any atom is -0.493 e. The van der Waals surface area contributed by atoms with Crippen LogP contribution in [0.15, 0.2) is 53.4 Å². The molecule has 2 aliphatic heterocycles. The molecule has 3 aromatic carbocycles. The van der Waals surface area contributed by atoms with E-state index in [1.807, 2.05) is 6.07 Å². The first kappa shape index (κ1) is 29.9. The molecule has 9 nitrogen and oxygen atoms in total. The van der Waals surface area contributed by atoms with E-state index in [2.05, 4.69) is 5.32 Å². The molecule has 1 atom stereocenters. The van der Waals surface area contributed by atoms with Crippen molar-refractivity contribution in [2.24, 2.45) is 0 Å². The highest BCUT2D eigenvalue weighted by molar-refractivity contribution is 7.91. The molecule has 2 aliphatic rings. The first-order chi connectivity index (χ1) is 20.0. The first-order valence-corrected chi connectivity index (χ1v) is 15.8. The van der Waals surface area contributed by atoms with Gasteiger partial charge in [-0.3, -0.25) is 9.59 Å². The maximum atomic E-state index is 13.3. The molecule has 2 amide bonds. The molecule has 2 heterocycles. The molecule has 5 rings (SSSR count). The standard InChI is InChI=1S/C30H28Cl2N2O7S/c1-2-42(39,40)21-5-3-4-17(12-21)13-24(30(37)38)33-28(35)26-23(31)14-20-16-34(10-8-22(20)27(26)32)29(36)19-7-6-18-9-11-41-25(18)15-19/h3-7,12,14-15,24H,2,8-11,13,16H2,1H3,(H,33,35)(H,37,38)/t24-/m0/s1. The van der Waals surface area contributed by atoms with E-state index in [1.54, 1.807) is 29.2 Å². The maximum absolute atomic E-state index is 13.3. The zero-order valence-corrected chi connectivity index (χ0v) is 25.0. The summed E-state index contributed by atoms with van der Waals surface area (Å²) in [6, 6.07) is 11.6. The maximum Gasteiger partial charge on any atom is 0.326 e. The summed E-state index contributed by atoms with van der Waals surface area (Å²) < 4.78 is 30.1. The number of benzene rings is 3. The molecule has 0 bridgehead atoms. The average Bonchev–Trinajstić information content (AvgIpc) is 3.44. The Hall–Kier alpha value is -3.60. The lowest BCUT2D eigenvalue weighted by Gasteiger charge is -2.30. The van der Waals surface area contributed by atoms with Gasteiger partial charge in [0.15, 0.2) is 9.84 Å². The van der Waals surface area contributed by atoms with Crippen LogP contribution in [0.3, 0.4) is 0 Å². The number of halogens is 2. The average molecular weight is 632 g/mol. The van der Waals surface area contributed by atoms with Crippen LogP contribution >= 0.6 is 23.2 Å². The minimum absolute atomic E-state index is 0.0247. The third-order valence-corrected chi connectivity index (χ3v) is 9.99. The van der Waals surface area contributed by atoms with E-state index in [-0.39, 0.29) is 45.1 Å². The minimum atomic E-state index is -3.49. The third kappa shape index (κ3) is 5.97. The van der Waals surface area contributed by atoms with Gasteiger partial charge in [-0.25, -0.2) is 13.2 Å². The van der Waals surface area contributed by atoms with Crippen LogP contribution < -0.4 is 10.1 Å². The number of hydrogen-bond donors (Lipinski definition) is 2. The summed E-state index contributed by atoms with van der Waals surface area (Å²) in [5, 5.41) is 12.4. The summed E-state index contributed by atoms with van der Waals surface area (Å²) in [4.78, 5) is 40.3. The van der Waals surface area contributed by atoms with Gasteiger partial charge in [-0.2, -0.15) is 0 Å². The van der Waals surface area contributed by atoms with Crippen molar-refractivity contribution in [1.82, 2.24) is 10.2 Å². The quantitative estimate of drug-likeness (QED) is 0.378. The largest absolute Gasteiger partial charge is 0.493 e. The highest BCUT2D eigenvalue weighted by Crippen LogP contribution is 2.35. The Labute approximate surface area is 253 Å². The van der Waals surface area contributed by atoms with Crippen LogP contribution in [-0.4, -0.2) is 61.2 Å². The molecule has 0 spiro atoms. The first-order valence-electron chi connectivity index (χ1n) is 13.4. The van der Waals surface area contributed by atoms with Crippen molar-refractivity contribution in [3.8, 4) is 5.75 Å². The Morgan fingerprint density at radius 2 is 1.86 bits per heavy atom. The van der Waals surface area contributed by atoms with Crippen LogP contribution in [0, 0.1) is 0 Å². The monoisotopic (exact) mass is 630 g/mol. The topological polar surface area (TPSA) is 130 Å². The number of rotatable bonds is 8. The van der Waals surface area contributed by atoms with Gasteiger partial charge in [-0.1, -0.05) is 48.3 Å². The molecule has 0 saturated heterocycles. The van der Waals surface area contributed by atoms with Crippen LogP contribution in [0.25, 0.3) is 0 Å². The number of hydrogen-bond acceptors (Lipinski definition) is 6.